The second-order valence-corrected chi connectivity index (χ2v) is 5.15. The Kier molecular flexibility index (Phi) is 3.07. The van der Waals surface area contributed by atoms with Crippen LogP contribution in [0.5, 0.6) is 0 Å². The summed E-state index contributed by atoms with van der Waals surface area (Å²) in [6, 6.07) is 12.1. The molecular weight excluding hydrogens is 255 g/mol. The minimum atomic E-state index is -0.961. The number of aliphatic hydroxyl groups excluding tert-OH is 1. The number of hydrogen-bond acceptors (Lipinski definition) is 2. The quantitative estimate of drug-likeness (QED) is 0.754. The first-order chi connectivity index (χ1) is 9.52. The first-order valence-corrected chi connectivity index (χ1v) is 6.48. The number of benzene rings is 2. The first-order valence-electron chi connectivity index (χ1n) is 6.48. The fraction of sp³-hybridized carbons (Fsp3) is 0.176. The molecular formula is C17H15FO2. The monoisotopic (exact) mass is 270 g/mol. The van der Waals surface area contributed by atoms with E-state index in [2.05, 4.69) is 0 Å². The van der Waals surface area contributed by atoms with Crippen LogP contribution < -0.4 is 0 Å². The molecule has 0 fully saturated rings. The first kappa shape index (κ1) is 12.9. The van der Waals surface area contributed by atoms with E-state index in [9.17, 15) is 9.50 Å². The zero-order valence-electron chi connectivity index (χ0n) is 11.4. The van der Waals surface area contributed by atoms with E-state index in [1.807, 2.05) is 25.1 Å². The van der Waals surface area contributed by atoms with Crippen LogP contribution >= 0.6 is 0 Å². The molecule has 0 bridgehead atoms. The summed E-state index contributed by atoms with van der Waals surface area (Å²) in [4.78, 5) is 0. The number of halogens is 1. The van der Waals surface area contributed by atoms with Crippen molar-refractivity contribution in [3.8, 4) is 0 Å². The van der Waals surface area contributed by atoms with Crippen molar-refractivity contribution < 1.29 is 13.9 Å². The molecule has 0 saturated heterocycles. The minimum absolute atomic E-state index is 0.356. The second kappa shape index (κ2) is 4.76. The molecule has 1 unspecified atom stereocenters. The number of aliphatic hydroxyl groups is 1. The molecule has 0 saturated carbocycles. The van der Waals surface area contributed by atoms with Gasteiger partial charge in [0.2, 0.25) is 0 Å². The molecule has 102 valence electrons. The topological polar surface area (TPSA) is 33.4 Å². The van der Waals surface area contributed by atoms with Crippen LogP contribution in [0.2, 0.25) is 0 Å². The molecule has 0 radical (unpaired) electrons. The highest BCUT2D eigenvalue weighted by Crippen LogP contribution is 2.29. The standard InChI is InChI=1S/C17H15FO2/c1-10-3-4-15-12(5-10)9-16(20-15)17(19)13-6-11(2)7-14(18)8-13/h3-9,17,19H,1-2H3. The molecule has 0 amide bonds. The summed E-state index contributed by atoms with van der Waals surface area (Å²) in [5, 5.41) is 11.3. The molecule has 2 aromatic carbocycles. The molecule has 0 aliphatic rings. The zero-order valence-corrected chi connectivity index (χ0v) is 11.4. The Labute approximate surface area is 116 Å². The lowest BCUT2D eigenvalue weighted by atomic mass is 10.0. The van der Waals surface area contributed by atoms with Gasteiger partial charge in [0.25, 0.3) is 0 Å². The predicted molar refractivity (Wildman–Crippen MR) is 76.1 cm³/mol. The lowest BCUT2D eigenvalue weighted by Gasteiger charge is -2.09. The van der Waals surface area contributed by atoms with Crippen molar-refractivity contribution in [2.75, 3.05) is 0 Å². The number of fused-ring (bicyclic) bond motifs is 1. The van der Waals surface area contributed by atoms with E-state index in [-0.39, 0.29) is 5.82 Å². The van der Waals surface area contributed by atoms with Gasteiger partial charge in [0.05, 0.1) is 0 Å². The van der Waals surface area contributed by atoms with Gasteiger partial charge in [-0.2, -0.15) is 0 Å². The van der Waals surface area contributed by atoms with Gasteiger partial charge in [0.1, 0.15) is 23.3 Å². The van der Waals surface area contributed by atoms with E-state index in [1.165, 1.54) is 12.1 Å². The Morgan fingerprint density at radius 3 is 2.55 bits per heavy atom. The lowest BCUT2D eigenvalue weighted by molar-refractivity contribution is 0.192. The van der Waals surface area contributed by atoms with E-state index in [0.717, 1.165) is 22.1 Å². The van der Waals surface area contributed by atoms with Crippen molar-refractivity contribution in [3.05, 3.63) is 70.7 Å². The molecule has 1 aromatic heterocycles. The largest absolute Gasteiger partial charge is 0.458 e. The van der Waals surface area contributed by atoms with Gasteiger partial charge in [0.15, 0.2) is 0 Å². The van der Waals surface area contributed by atoms with Gasteiger partial charge >= 0.3 is 0 Å². The van der Waals surface area contributed by atoms with E-state index in [1.54, 1.807) is 19.1 Å². The normalized spacial score (nSPS) is 12.8. The molecule has 2 nitrogen and oxygen atoms in total. The van der Waals surface area contributed by atoms with Crippen LogP contribution in [0, 0.1) is 19.7 Å². The van der Waals surface area contributed by atoms with Gasteiger partial charge < -0.3 is 9.52 Å². The Morgan fingerprint density at radius 1 is 1.00 bits per heavy atom. The predicted octanol–water partition coefficient (Wildman–Crippen LogP) is 4.27. The van der Waals surface area contributed by atoms with Gasteiger partial charge in [-0.3, -0.25) is 0 Å². The van der Waals surface area contributed by atoms with Gasteiger partial charge in [-0.25, -0.2) is 4.39 Å². The molecule has 3 rings (SSSR count). The molecule has 0 aliphatic heterocycles. The fourth-order valence-corrected chi connectivity index (χ4v) is 2.40. The average Bonchev–Trinajstić information content (AvgIpc) is 2.79. The zero-order chi connectivity index (χ0) is 14.3. The smallest absolute Gasteiger partial charge is 0.138 e. The minimum Gasteiger partial charge on any atom is -0.458 e. The summed E-state index contributed by atoms with van der Waals surface area (Å²) in [5.41, 5.74) is 3.11. The molecule has 1 atom stereocenters. The van der Waals surface area contributed by atoms with Crippen LogP contribution in [0.3, 0.4) is 0 Å². The fourth-order valence-electron chi connectivity index (χ4n) is 2.40. The van der Waals surface area contributed by atoms with E-state index in [0.29, 0.717) is 11.3 Å². The van der Waals surface area contributed by atoms with Crippen molar-refractivity contribution in [3.63, 3.8) is 0 Å². The summed E-state index contributed by atoms with van der Waals surface area (Å²) in [6.45, 7) is 3.79. The van der Waals surface area contributed by atoms with Gasteiger partial charge in [-0.15, -0.1) is 0 Å². The third-order valence-electron chi connectivity index (χ3n) is 3.34. The van der Waals surface area contributed by atoms with Crippen LogP contribution in [0.25, 0.3) is 11.0 Å². The Hall–Kier alpha value is -2.13. The summed E-state index contributed by atoms with van der Waals surface area (Å²) >= 11 is 0. The van der Waals surface area contributed by atoms with Crippen molar-refractivity contribution in [1.29, 1.82) is 0 Å². The molecule has 1 heterocycles. The van der Waals surface area contributed by atoms with Crippen LogP contribution in [0.15, 0.2) is 46.9 Å². The summed E-state index contributed by atoms with van der Waals surface area (Å²) in [6.07, 6.45) is -0.961. The highest BCUT2D eigenvalue weighted by Gasteiger charge is 2.16. The Morgan fingerprint density at radius 2 is 1.80 bits per heavy atom. The van der Waals surface area contributed by atoms with Crippen molar-refractivity contribution >= 4 is 11.0 Å². The van der Waals surface area contributed by atoms with Gasteiger partial charge in [-0.05, 0) is 55.3 Å². The molecule has 20 heavy (non-hydrogen) atoms. The lowest BCUT2D eigenvalue weighted by Crippen LogP contribution is -1.99. The molecule has 0 spiro atoms. The summed E-state index contributed by atoms with van der Waals surface area (Å²) in [7, 11) is 0. The van der Waals surface area contributed by atoms with Crippen molar-refractivity contribution in [2.45, 2.75) is 20.0 Å². The molecule has 3 heteroatoms. The Balaban J connectivity index is 2.05. The maximum atomic E-state index is 13.4. The van der Waals surface area contributed by atoms with Gasteiger partial charge in [0, 0.05) is 5.39 Å². The second-order valence-electron chi connectivity index (χ2n) is 5.15. The molecule has 3 aromatic rings. The van der Waals surface area contributed by atoms with E-state index in [4.69, 9.17) is 4.42 Å². The summed E-state index contributed by atoms with van der Waals surface area (Å²) < 4.78 is 19.1. The maximum absolute atomic E-state index is 13.4. The molecule has 1 N–H and O–H groups in total. The number of aryl methyl sites for hydroxylation is 2. The Bertz CT molecular complexity index is 754. The van der Waals surface area contributed by atoms with E-state index >= 15 is 0 Å². The van der Waals surface area contributed by atoms with Crippen LogP contribution in [-0.2, 0) is 0 Å². The molecule has 0 aliphatic carbocycles. The van der Waals surface area contributed by atoms with Crippen molar-refractivity contribution in [1.82, 2.24) is 0 Å². The number of furan rings is 1. The third-order valence-corrected chi connectivity index (χ3v) is 3.34. The van der Waals surface area contributed by atoms with Crippen LogP contribution in [0.4, 0.5) is 4.39 Å². The number of hydrogen-bond donors (Lipinski definition) is 1. The number of rotatable bonds is 2. The third kappa shape index (κ3) is 2.32. The highest BCUT2D eigenvalue weighted by molar-refractivity contribution is 5.78. The van der Waals surface area contributed by atoms with Crippen LogP contribution in [-0.4, -0.2) is 5.11 Å². The SMILES string of the molecule is Cc1cc(F)cc(C(O)c2cc3cc(C)ccc3o2)c1. The maximum Gasteiger partial charge on any atom is 0.138 e. The van der Waals surface area contributed by atoms with Crippen molar-refractivity contribution in [2.24, 2.45) is 0 Å². The van der Waals surface area contributed by atoms with Crippen LogP contribution in [0.1, 0.15) is 28.6 Å². The van der Waals surface area contributed by atoms with Gasteiger partial charge in [-0.1, -0.05) is 17.7 Å². The van der Waals surface area contributed by atoms with E-state index < -0.39 is 6.10 Å². The summed E-state index contributed by atoms with van der Waals surface area (Å²) in [5.74, 6) is 0.0709. The highest BCUT2D eigenvalue weighted by atomic mass is 19.1. The average molecular weight is 270 g/mol.